The molecule has 0 aliphatic rings. The molecule has 0 spiro atoms. The van der Waals surface area contributed by atoms with E-state index in [2.05, 4.69) is 5.10 Å². The van der Waals surface area contributed by atoms with Gasteiger partial charge >= 0.3 is 0 Å². The highest BCUT2D eigenvalue weighted by molar-refractivity contribution is 5.30. The highest BCUT2D eigenvalue weighted by Crippen LogP contribution is 2.20. The van der Waals surface area contributed by atoms with E-state index >= 15 is 0 Å². The van der Waals surface area contributed by atoms with Crippen LogP contribution >= 0.6 is 0 Å². The van der Waals surface area contributed by atoms with Gasteiger partial charge in [0.2, 0.25) is 0 Å². The summed E-state index contributed by atoms with van der Waals surface area (Å²) in [6, 6.07) is 4.47. The van der Waals surface area contributed by atoms with Gasteiger partial charge in [-0.1, -0.05) is 6.07 Å². The number of rotatable bonds is 5. The van der Waals surface area contributed by atoms with E-state index in [1.807, 2.05) is 13.2 Å². The lowest BCUT2D eigenvalue weighted by atomic mass is 10.1. The largest absolute Gasteiger partial charge is 0.493 e. The van der Waals surface area contributed by atoms with Crippen molar-refractivity contribution in [1.82, 2.24) is 9.78 Å². The SMILES string of the molecule is CC(N)c1ccc(OCCc2cnn(C)c2)cc1F. The molecular weight excluding hydrogens is 245 g/mol. The predicted octanol–water partition coefficient (Wildman–Crippen LogP) is 2.20. The van der Waals surface area contributed by atoms with Crippen molar-refractivity contribution in [1.29, 1.82) is 0 Å². The zero-order valence-corrected chi connectivity index (χ0v) is 11.1. The molecule has 1 atom stereocenters. The van der Waals surface area contributed by atoms with Crippen LogP contribution in [0.15, 0.2) is 30.6 Å². The third-order valence-corrected chi connectivity index (χ3v) is 2.88. The van der Waals surface area contributed by atoms with E-state index in [4.69, 9.17) is 10.5 Å². The Hall–Kier alpha value is -1.88. The van der Waals surface area contributed by atoms with E-state index in [0.717, 1.165) is 12.0 Å². The normalized spacial score (nSPS) is 12.4. The van der Waals surface area contributed by atoms with Crippen molar-refractivity contribution in [2.75, 3.05) is 6.61 Å². The highest BCUT2D eigenvalue weighted by atomic mass is 19.1. The lowest BCUT2D eigenvalue weighted by Gasteiger charge is -2.10. The van der Waals surface area contributed by atoms with Crippen molar-refractivity contribution in [2.24, 2.45) is 12.8 Å². The second-order valence-electron chi connectivity index (χ2n) is 4.59. The molecule has 102 valence electrons. The molecule has 0 bridgehead atoms. The van der Waals surface area contributed by atoms with E-state index in [0.29, 0.717) is 17.9 Å². The fraction of sp³-hybridized carbons (Fsp3) is 0.357. The van der Waals surface area contributed by atoms with Gasteiger partial charge in [0.05, 0.1) is 12.8 Å². The van der Waals surface area contributed by atoms with Crippen molar-refractivity contribution in [2.45, 2.75) is 19.4 Å². The minimum Gasteiger partial charge on any atom is -0.493 e. The smallest absolute Gasteiger partial charge is 0.131 e. The lowest BCUT2D eigenvalue weighted by Crippen LogP contribution is -2.08. The topological polar surface area (TPSA) is 53.1 Å². The molecule has 0 saturated heterocycles. The second-order valence-corrected chi connectivity index (χ2v) is 4.59. The van der Waals surface area contributed by atoms with Gasteiger partial charge in [0.25, 0.3) is 0 Å². The van der Waals surface area contributed by atoms with E-state index in [1.54, 1.807) is 29.9 Å². The van der Waals surface area contributed by atoms with Crippen LogP contribution in [0, 0.1) is 5.82 Å². The summed E-state index contributed by atoms with van der Waals surface area (Å²) in [5, 5.41) is 4.07. The zero-order valence-electron chi connectivity index (χ0n) is 11.1. The molecule has 0 radical (unpaired) electrons. The van der Waals surface area contributed by atoms with Crippen LogP contribution in [-0.2, 0) is 13.5 Å². The van der Waals surface area contributed by atoms with Crippen molar-refractivity contribution in [3.8, 4) is 5.75 Å². The number of benzene rings is 1. The van der Waals surface area contributed by atoms with Crippen LogP contribution in [0.3, 0.4) is 0 Å². The average Bonchev–Trinajstić information content (AvgIpc) is 2.75. The minimum absolute atomic E-state index is 0.315. The second kappa shape index (κ2) is 5.84. The van der Waals surface area contributed by atoms with Gasteiger partial charge in [0.15, 0.2) is 0 Å². The molecule has 0 amide bonds. The number of halogens is 1. The maximum Gasteiger partial charge on any atom is 0.131 e. The summed E-state index contributed by atoms with van der Waals surface area (Å²) in [7, 11) is 1.87. The molecular formula is C14H18FN3O. The number of hydrogen-bond donors (Lipinski definition) is 1. The molecule has 2 rings (SSSR count). The fourth-order valence-corrected chi connectivity index (χ4v) is 1.85. The molecule has 0 fully saturated rings. The number of aryl methyl sites for hydroxylation is 1. The highest BCUT2D eigenvalue weighted by Gasteiger charge is 2.08. The fourth-order valence-electron chi connectivity index (χ4n) is 1.85. The molecule has 0 saturated carbocycles. The van der Waals surface area contributed by atoms with Gasteiger partial charge in [0, 0.05) is 37.3 Å². The first-order valence-electron chi connectivity index (χ1n) is 6.21. The summed E-state index contributed by atoms with van der Waals surface area (Å²) in [5.41, 5.74) is 7.25. The first-order valence-corrected chi connectivity index (χ1v) is 6.21. The molecule has 19 heavy (non-hydrogen) atoms. The molecule has 2 aromatic rings. The Labute approximate surface area is 112 Å². The quantitative estimate of drug-likeness (QED) is 0.899. The Morgan fingerprint density at radius 1 is 1.47 bits per heavy atom. The van der Waals surface area contributed by atoms with Crippen LogP contribution in [0.5, 0.6) is 5.75 Å². The van der Waals surface area contributed by atoms with Gasteiger partial charge in [0.1, 0.15) is 11.6 Å². The maximum atomic E-state index is 13.7. The molecule has 1 heterocycles. The summed E-state index contributed by atoms with van der Waals surface area (Å²) >= 11 is 0. The molecule has 2 N–H and O–H groups in total. The Kier molecular flexibility index (Phi) is 4.16. The standard InChI is InChI=1S/C14H18FN3O/c1-10(16)13-4-3-12(7-14(13)15)19-6-5-11-8-17-18(2)9-11/h3-4,7-10H,5-6,16H2,1-2H3. The zero-order chi connectivity index (χ0) is 13.8. The van der Waals surface area contributed by atoms with Gasteiger partial charge in [-0.05, 0) is 18.6 Å². The minimum atomic E-state index is -0.325. The molecule has 0 aliphatic carbocycles. The molecule has 1 unspecified atom stereocenters. The molecule has 1 aromatic heterocycles. The van der Waals surface area contributed by atoms with Gasteiger partial charge in [-0.15, -0.1) is 0 Å². The molecule has 1 aromatic carbocycles. The van der Waals surface area contributed by atoms with Crippen LogP contribution in [0.25, 0.3) is 0 Å². The Morgan fingerprint density at radius 3 is 2.84 bits per heavy atom. The van der Waals surface area contributed by atoms with Gasteiger partial charge < -0.3 is 10.5 Å². The van der Waals surface area contributed by atoms with Crippen LogP contribution < -0.4 is 10.5 Å². The van der Waals surface area contributed by atoms with Crippen molar-refractivity contribution >= 4 is 0 Å². The summed E-state index contributed by atoms with van der Waals surface area (Å²) in [6.07, 6.45) is 4.47. The van der Waals surface area contributed by atoms with E-state index in [1.165, 1.54) is 6.07 Å². The Morgan fingerprint density at radius 2 is 2.26 bits per heavy atom. The number of ether oxygens (including phenoxy) is 1. The number of hydrogen-bond acceptors (Lipinski definition) is 3. The van der Waals surface area contributed by atoms with E-state index < -0.39 is 0 Å². The summed E-state index contributed by atoms with van der Waals surface area (Å²) in [5.74, 6) is 0.194. The first-order chi connectivity index (χ1) is 9.06. The van der Waals surface area contributed by atoms with Gasteiger partial charge in [-0.25, -0.2) is 4.39 Å². The Balaban J connectivity index is 1.91. The summed E-state index contributed by atoms with van der Waals surface area (Å²) in [4.78, 5) is 0. The van der Waals surface area contributed by atoms with E-state index in [-0.39, 0.29) is 11.9 Å². The van der Waals surface area contributed by atoms with E-state index in [9.17, 15) is 4.39 Å². The summed E-state index contributed by atoms with van der Waals surface area (Å²) in [6.45, 7) is 2.24. The summed E-state index contributed by atoms with van der Waals surface area (Å²) < 4.78 is 20.9. The van der Waals surface area contributed by atoms with Crippen molar-refractivity contribution < 1.29 is 9.13 Å². The third kappa shape index (κ3) is 3.54. The maximum absolute atomic E-state index is 13.7. The van der Waals surface area contributed by atoms with Crippen LogP contribution in [0.1, 0.15) is 24.1 Å². The van der Waals surface area contributed by atoms with Crippen LogP contribution in [0.2, 0.25) is 0 Å². The average molecular weight is 263 g/mol. The molecule has 4 nitrogen and oxygen atoms in total. The number of nitrogens with two attached hydrogens (primary N) is 1. The first kappa shape index (κ1) is 13.5. The van der Waals surface area contributed by atoms with Gasteiger partial charge in [-0.3, -0.25) is 4.68 Å². The third-order valence-electron chi connectivity index (χ3n) is 2.88. The molecule has 0 aliphatic heterocycles. The monoisotopic (exact) mass is 263 g/mol. The number of aromatic nitrogens is 2. The Bertz CT molecular complexity index is 551. The van der Waals surface area contributed by atoms with Crippen LogP contribution in [0.4, 0.5) is 4.39 Å². The van der Waals surface area contributed by atoms with Crippen molar-refractivity contribution in [3.05, 3.63) is 47.5 Å². The lowest BCUT2D eigenvalue weighted by molar-refractivity contribution is 0.320. The number of nitrogens with zero attached hydrogens (tertiary/aromatic N) is 2. The van der Waals surface area contributed by atoms with Gasteiger partial charge in [-0.2, -0.15) is 5.10 Å². The predicted molar refractivity (Wildman–Crippen MR) is 71.4 cm³/mol. The van der Waals surface area contributed by atoms with Crippen LogP contribution in [-0.4, -0.2) is 16.4 Å². The van der Waals surface area contributed by atoms with Crippen molar-refractivity contribution in [3.63, 3.8) is 0 Å². The molecule has 5 heteroatoms.